The second-order valence-electron chi connectivity index (χ2n) is 5.85. The van der Waals surface area contributed by atoms with Crippen LogP contribution in [0.3, 0.4) is 0 Å². The second kappa shape index (κ2) is 4.79. The highest BCUT2D eigenvalue weighted by molar-refractivity contribution is 5.87. The number of likely N-dealkylation sites (tertiary alicyclic amines) is 1. The molecule has 0 spiro atoms. The van der Waals surface area contributed by atoms with Crippen LogP contribution >= 0.6 is 0 Å². The van der Waals surface area contributed by atoms with Gasteiger partial charge in [-0.1, -0.05) is 0 Å². The van der Waals surface area contributed by atoms with E-state index in [0.29, 0.717) is 6.04 Å². The molecular weight excluding hydrogens is 230 g/mol. The predicted molar refractivity (Wildman–Crippen MR) is 68.1 cm³/mol. The summed E-state index contributed by atoms with van der Waals surface area (Å²) in [4.78, 5) is 16.8. The molecule has 2 N–H and O–H groups in total. The molecule has 0 aromatic carbocycles. The zero-order valence-corrected chi connectivity index (χ0v) is 10.9. The molecule has 1 amide bonds. The Morgan fingerprint density at radius 1 is 1.22 bits per heavy atom. The number of nitrogens with two attached hydrogens (primary N) is 1. The Morgan fingerprint density at radius 2 is 1.94 bits per heavy atom. The first-order chi connectivity index (χ1) is 8.69. The third-order valence-corrected chi connectivity index (χ3v) is 4.68. The Bertz CT molecular complexity index is 324. The van der Waals surface area contributed by atoms with Gasteiger partial charge in [0.2, 0.25) is 5.91 Å². The zero-order chi connectivity index (χ0) is 12.6. The molecule has 1 saturated carbocycles. The Labute approximate surface area is 108 Å². The molecule has 1 unspecified atom stereocenters. The number of carbonyl (C=O) groups is 1. The van der Waals surface area contributed by atoms with Crippen LogP contribution in [0.25, 0.3) is 0 Å². The van der Waals surface area contributed by atoms with E-state index in [0.717, 1.165) is 65.1 Å². The average molecular weight is 253 g/mol. The molecule has 102 valence electrons. The van der Waals surface area contributed by atoms with Crippen molar-refractivity contribution in [2.24, 2.45) is 5.73 Å². The minimum Gasteiger partial charge on any atom is -0.379 e. The monoisotopic (exact) mass is 253 g/mol. The van der Waals surface area contributed by atoms with Gasteiger partial charge in [-0.15, -0.1) is 0 Å². The molecule has 5 heteroatoms. The minimum absolute atomic E-state index is 0.185. The topological polar surface area (TPSA) is 58.8 Å². The van der Waals surface area contributed by atoms with E-state index in [1.165, 1.54) is 0 Å². The van der Waals surface area contributed by atoms with Gasteiger partial charge in [-0.25, -0.2) is 0 Å². The molecule has 0 aromatic rings. The molecule has 1 aliphatic carbocycles. The zero-order valence-electron chi connectivity index (χ0n) is 10.9. The van der Waals surface area contributed by atoms with E-state index in [1.807, 2.05) is 4.90 Å². The lowest BCUT2D eigenvalue weighted by atomic mass is 9.76. The van der Waals surface area contributed by atoms with Gasteiger partial charge in [-0.3, -0.25) is 9.69 Å². The fraction of sp³-hybridized carbons (Fsp3) is 0.923. The van der Waals surface area contributed by atoms with Crippen LogP contribution in [0.2, 0.25) is 0 Å². The van der Waals surface area contributed by atoms with Crippen LogP contribution in [0.15, 0.2) is 0 Å². The fourth-order valence-corrected chi connectivity index (χ4v) is 3.25. The smallest absolute Gasteiger partial charge is 0.242 e. The molecule has 1 atom stereocenters. The van der Waals surface area contributed by atoms with E-state index in [2.05, 4.69) is 4.90 Å². The number of nitrogens with zero attached hydrogens (tertiary/aromatic N) is 2. The first-order valence-electron chi connectivity index (χ1n) is 7.09. The molecule has 2 heterocycles. The van der Waals surface area contributed by atoms with E-state index in [-0.39, 0.29) is 5.91 Å². The standard InChI is InChI=1S/C13H23N3O2/c14-13(3-1-4-13)12(17)16-5-2-11(10-16)15-6-8-18-9-7-15/h11H,1-10,14H2. The maximum atomic E-state index is 12.3. The van der Waals surface area contributed by atoms with Crippen LogP contribution in [0.1, 0.15) is 25.7 Å². The van der Waals surface area contributed by atoms with E-state index in [9.17, 15) is 4.79 Å². The normalized spacial score (nSPS) is 32.3. The lowest BCUT2D eigenvalue weighted by molar-refractivity contribution is -0.139. The Morgan fingerprint density at radius 3 is 2.56 bits per heavy atom. The summed E-state index contributed by atoms with van der Waals surface area (Å²) in [7, 11) is 0. The van der Waals surface area contributed by atoms with Gasteiger partial charge in [-0.2, -0.15) is 0 Å². The molecule has 3 rings (SSSR count). The van der Waals surface area contributed by atoms with Gasteiger partial charge in [0.05, 0.1) is 18.8 Å². The first-order valence-corrected chi connectivity index (χ1v) is 7.09. The highest BCUT2D eigenvalue weighted by Crippen LogP contribution is 2.32. The predicted octanol–water partition coefficient (Wildman–Crippen LogP) is -0.199. The van der Waals surface area contributed by atoms with Gasteiger partial charge in [0, 0.05) is 32.2 Å². The summed E-state index contributed by atoms with van der Waals surface area (Å²) in [6.45, 7) is 5.38. The van der Waals surface area contributed by atoms with Crippen molar-refractivity contribution in [3.05, 3.63) is 0 Å². The lowest BCUT2D eigenvalue weighted by Crippen LogP contribution is -2.59. The summed E-state index contributed by atoms with van der Waals surface area (Å²) in [6.07, 6.45) is 3.92. The van der Waals surface area contributed by atoms with Gasteiger partial charge >= 0.3 is 0 Å². The second-order valence-corrected chi connectivity index (χ2v) is 5.85. The van der Waals surface area contributed by atoms with Crippen LogP contribution in [0.5, 0.6) is 0 Å². The Hall–Kier alpha value is -0.650. The lowest BCUT2D eigenvalue weighted by Gasteiger charge is -2.39. The van der Waals surface area contributed by atoms with E-state index >= 15 is 0 Å². The van der Waals surface area contributed by atoms with Crippen molar-refractivity contribution < 1.29 is 9.53 Å². The quantitative estimate of drug-likeness (QED) is 0.740. The van der Waals surface area contributed by atoms with Crippen molar-refractivity contribution >= 4 is 5.91 Å². The van der Waals surface area contributed by atoms with Crippen molar-refractivity contribution in [3.63, 3.8) is 0 Å². The van der Waals surface area contributed by atoms with Crippen molar-refractivity contribution in [1.82, 2.24) is 9.80 Å². The number of hydrogen-bond donors (Lipinski definition) is 1. The van der Waals surface area contributed by atoms with Crippen LogP contribution in [-0.4, -0.2) is 66.7 Å². The number of ether oxygens (including phenoxy) is 1. The van der Waals surface area contributed by atoms with Gasteiger partial charge in [-0.05, 0) is 25.7 Å². The number of morpholine rings is 1. The Kier molecular flexibility index (Phi) is 3.30. The summed E-state index contributed by atoms with van der Waals surface area (Å²) >= 11 is 0. The van der Waals surface area contributed by atoms with E-state index in [4.69, 9.17) is 10.5 Å². The number of rotatable bonds is 2. The van der Waals surface area contributed by atoms with Gasteiger partial charge < -0.3 is 15.4 Å². The van der Waals surface area contributed by atoms with E-state index in [1.54, 1.807) is 0 Å². The van der Waals surface area contributed by atoms with Crippen molar-refractivity contribution in [3.8, 4) is 0 Å². The summed E-state index contributed by atoms with van der Waals surface area (Å²) in [6, 6.07) is 0.515. The summed E-state index contributed by atoms with van der Waals surface area (Å²) in [5.74, 6) is 0.185. The van der Waals surface area contributed by atoms with Crippen LogP contribution in [0, 0.1) is 0 Å². The van der Waals surface area contributed by atoms with E-state index < -0.39 is 5.54 Å². The molecule has 2 aliphatic heterocycles. The van der Waals surface area contributed by atoms with Crippen LogP contribution in [0.4, 0.5) is 0 Å². The molecule has 2 saturated heterocycles. The molecule has 3 fully saturated rings. The summed E-state index contributed by atoms with van der Waals surface area (Å²) < 4.78 is 5.37. The highest BCUT2D eigenvalue weighted by atomic mass is 16.5. The summed E-state index contributed by atoms with van der Waals surface area (Å²) in [5, 5.41) is 0. The Balaban J connectivity index is 1.56. The molecule has 5 nitrogen and oxygen atoms in total. The molecule has 0 radical (unpaired) electrons. The molecule has 0 bridgehead atoms. The maximum Gasteiger partial charge on any atom is 0.242 e. The average Bonchev–Trinajstić information content (AvgIpc) is 2.85. The maximum absolute atomic E-state index is 12.3. The fourth-order valence-electron chi connectivity index (χ4n) is 3.25. The largest absolute Gasteiger partial charge is 0.379 e. The highest BCUT2D eigenvalue weighted by Gasteiger charge is 2.44. The van der Waals surface area contributed by atoms with Crippen LogP contribution < -0.4 is 5.73 Å². The van der Waals surface area contributed by atoms with Gasteiger partial charge in [0.15, 0.2) is 0 Å². The van der Waals surface area contributed by atoms with Gasteiger partial charge in [0.25, 0.3) is 0 Å². The number of hydrogen-bond acceptors (Lipinski definition) is 4. The number of amides is 1. The summed E-state index contributed by atoms with van der Waals surface area (Å²) in [5.41, 5.74) is 5.60. The third-order valence-electron chi connectivity index (χ3n) is 4.68. The molecule has 3 aliphatic rings. The minimum atomic E-state index is -0.528. The third kappa shape index (κ3) is 2.15. The van der Waals surface area contributed by atoms with Crippen molar-refractivity contribution in [1.29, 1.82) is 0 Å². The molecular formula is C13H23N3O2. The van der Waals surface area contributed by atoms with Crippen LogP contribution in [-0.2, 0) is 9.53 Å². The first kappa shape index (κ1) is 12.4. The molecule has 18 heavy (non-hydrogen) atoms. The SMILES string of the molecule is NC1(C(=O)N2CCC(N3CCOCC3)C2)CCC1. The van der Waals surface area contributed by atoms with Crippen molar-refractivity contribution in [2.75, 3.05) is 39.4 Å². The number of carbonyl (C=O) groups excluding carboxylic acids is 1. The molecule has 0 aromatic heterocycles. The van der Waals surface area contributed by atoms with Crippen molar-refractivity contribution in [2.45, 2.75) is 37.3 Å². The van der Waals surface area contributed by atoms with Gasteiger partial charge in [0.1, 0.15) is 0 Å².